The summed E-state index contributed by atoms with van der Waals surface area (Å²) in [6, 6.07) is 34.5. The molecule has 2 fully saturated rings. The largest absolute Gasteiger partial charge is 0.457 e. The van der Waals surface area contributed by atoms with Crippen LogP contribution in [0.15, 0.2) is 134 Å². The van der Waals surface area contributed by atoms with Crippen LogP contribution in [0.1, 0.15) is 20.8 Å². The van der Waals surface area contributed by atoms with Gasteiger partial charge in [-0.15, -0.1) is 0 Å². The molecular formula is C52H52N12O8. The summed E-state index contributed by atoms with van der Waals surface area (Å²) in [5, 5.41) is 11.1. The molecule has 20 heteroatoms. The fourth-order valence-corrected chi connectivity index (χ4v) is 7.52. The quantitative estimate of drug-likeness (QED) is 0.0702. The summed E-state index contributed by atoms with van der Waals surface area (Å²) >= 11 is 0. The molecule has 0 atom stereocenters. The van der Waals surface area contributed by atoms with Crippen molar-refractivity contribution in [3.8, 4) is 23.0 Å². The number of nitrogen functional groups attached to an aromatic ring is 1. The first-order valence-electron chi connectivity index (χ1n) is 22.9. The highest BCUT2D eigenvalue weighted by Crippen LogP contribution is 2.32. The molecule has 10 rings (SSSR count). The minimum atomic E-state index is -0.562. The average Bonchev–Trinajstić information content (AvgIpc) is 3.37. The number of nitrogens with one attached hydrogen (secondary N) is 3. The van der Waals surface area contributed by atoms with E-state index < -0.39 is 11.9 Å². The Kier molecular flexibility index (Phi) is 16.5. The van der Waals surface area contributed by atoms with Gasteiger partial charge in [-0.25, -0.2) is 29.9 Å². The summed E-state index contributed by atoms with van der Waals surface area (Å²) in [4.78, 5) is 61.9. The van der Waals surface area contributed by atoms with Gasteiger partial charge in [0.1, 0.15) is 34.6 Å². The van der Waals surface area contributed by atoms with E-state index in [-0.39, 0.29) is 5.91 Å². The van der Waals surface area contributed by atoms with Crippen molar-refractivity contribution < 1.29 is 38.1 Å². The Morgan fingerprint density at radius 3 is 1.47 bits per heavy atom. The summed E-state index contributed by atoms with van der Waals surface area (Å²) in [5.41, 5.74) is 11.5. The van der Waals surface area contributed by atoms with E-state index in [4.69, 9.17) is 24.7 Å². The highest BCUT2D eigenvalue weighted by atomic mass is 16.6. The lowest BCUT2D eigenvalue weighted by Gasteiger charge is -2.30. The van der Waals surface area contributed by atoms with E-state index in [0.29, 0.717) is 46.5 Å². The molecule has 2 saturated heterocycles. The van der Waals surface area contributed by atoms with Crippen molar-refractivity contribution in [1.82, 2.24) is 29.9 Å². The van der Waals surface area contributed by atoms with E-state index in [9.17, 15) is 14.4 Å². The predicted molar refractivity (Wildman–Crippen MR) is 274 cm³/mol. The number of pyridine rings is 2. The van der Waals surface area contributed by atoms with Crippen molar-refractivity contribution in [2.75, 3.05) is 84.1 Å². The molecule has 0 saturated carbocycles. The van der Waals surface area contributed by atoms with Gasteiger partial charge in [0.25, 0.3) is 0 Å². The molecule has 20 nitrogen and oxygen atoms in total. The maximum absolute atomic E-state index is 11.3. The van der Waals surface area contributed by atoms with Crippen LogP contribution in [0.25, 0.3) is 21.8 Å². The molecule has 2 aliphatic heterocycles. The van der Waals surface area contributed by atoms with Gasteiger partial charge in [0.15, 0.2) is 0 Å². The van der Waals surface area contributed by atoms with E-state index >= 15 is 0 Å². The van der Waals surface area contributed by atoms with Gasteiger partial charge in [0.05, 0.1) is 60.2 Å². The molecule has 5 N–H and O–H groups in total. The fourth-order valence-electron chi connectivity index (χ4n) is 7.52. The van der Waals surface area contributed by atoms with Gasteiger partial charge in [-0.05, 0) is 72.8 Å². The van der Waals surface area contributed by atoms with E-state index in [0.717, 1.165) is 97.2 Å². The molecule has 1 amide bonds. The van der Waals surface area contributed by atoms with Gasteiger partial charge >= 0.3 is 11.9 Å². The molecule has 0 spiro atoms. The minimum Gasteiger partial charge on any atom is -0.457 e. The van der Waals surface area contributed by atoms with Gasteiger partial charge in [-0.3, -0.25) is 14.4 Å². The first-order chi connectivity index (χ1) is 35.0. The Morgan fingerprint density at radius 1 is 0.556 bits per heavy atom. The lowest BCUT2D eigenvalue weighted by Crippen LogP contribution is -2.36. The van der Waals surface area contributed by atoms with Crippen molar-refractivity contribution >= 4 is 85.9 Å². The monoisotopic (exact) mass is 972 g/mol. The number of nitrogens with zero attached hydrogens (tertiary/aromatic N) is 8. The van der Waals surface area contributed by atoms with Crippen molar-refractivity contribution in [3.05, 3.63) is 134 Å². The molecule has 4 aromatic carbocycles. The van der Waals surface area contributed by atoms with Gasteiger partial charge in [-0.1, -0.05) is 24.3 Å². The first-order valence-corrected chi connectivity index (χ1v) is 22.9. The van der Waals surface area contributed by atoms with Gasteiger partial charge in [-0.2, -0.15) is 0 Å². The average molecular weight is 973 g/mol. The predicted octanol–water partition coefficient (Wildman–Crippen LogP) is 8.43. The molecule has 0 bridgehead atoms. The van der Waals surface area contributed by atoms with Crippen LogP contribution in [0.5, 0.6) is 23.0 Å². The number of amides is 1. The zero-order valence-corrected chi connectivity index (χ0v) is 39.8. The number of hydrogen-bond donors (Lipinski definition) is 4. The Morgan fingerprint density at radius 2 is 1.01 bits per heavy atom. The molecule has 8 aromatic rings. The summed E-state index contributed by atoms with van der Waals surface area (Å²) in [6.07, 6.45) is 6.75. The van der Waals surface area contributed by atoms with Crippen molar-refractivity contribution in [3.63, 3.8) is 0 Å². The first kappa shape index (κ1) is 49.4. The Bertz CT molecular complexity index is 3160. The van der Waals surface area contributed by atoms with Gasteiger partial charge in [0, 0.05) is 94.6 Å². The number of esters is 2. The zero-order valence-electron chi connectivity index (χ0n) is 39.8. The number of morpholine rings is 2. The summed E-state index contributed by atoms with van der Waals surface area (Å²) < 4.78 is 26.7. The number of carbonyl (C=O) groups is 3. The van der Waals surface area contributed by atoms with Gasteiger partial charge in [0.2, 0.25) is 17.8 Å². The number of benzene rings is 4. The second-order valence-corrected chi connectivity index (χ2v) is 16.1. The number of rotatable bonds is 11. The van der Waals surface area contributed by atoms with Crippen molar-refractivity contribution in [2.45, 2.75) is 20.8 Å². The second kappa shape index (κ2) is 24.0. The van der Waals surface area contributed by atoms with Crippen LogP contribution < -0.4 is 41.0 Å². The highest BCUT2D eigenvalue weighted by Gasteiger charge is 2.17. The third kappa shape index (κ3) is 14.0. The second-order valence-electron chi connectivity index (χ2n) is 16.1. The lowest BCUT2D eigenvalue weighted by molar-refractivity contribution is -0.156. The Balaban J connectivity index is 0.000000171. The number of hydrogen-bond acceptors (Lipinski definition) is 19. The molecule has 2 aliphatic rings. The number of para-hydroxylation sites is 4. The number of ether oxygens (including phenoxy) is 5. The van der Waals surface area contributed by atoms with Crippen LogP contribution in [0, 0.1) is 0 Å². The number of anilines is 8. The maximum atomic E-state index is 11.3. The van der Waals surface area contributed by atoms with E-state index in [1.807, 2.05) is 72.8 Å². The molecule has 368 valence electrons. The van der Waals surface area contributed by atoms with E-state index in [2.05, 4.69) is 72.5 Å². The Hall–Kier alpha value is -9.01. The summed E-state index contributed by atoms with van der Waals surface area (Å²) in [5.74, 6) is 3.11. The van der Waals surface area contributed by atoms with Crippen LogP contribution in [0.2, 0.25) is 0 Å². The summed E-state index contributed by atoms with van der Waals surface area (Å²) in [6.45, 7) is 10.1. The molecular weight excluding hydrogens is 921 g/mol. The fraction of sp³-hybridized carbons (Fsp3) is 0.212. The maximum Gasteiger partial charge on any atom is 0.310 e. The number of aromatic nitrogens is 6. The normalized spacial score (nSPS) is 13.1. The standard InChI is InChI=1S/C25H24N6O3.C23H22N6O2.C4H6O3/c1-17(32)28-24-15-20(8-9-26-24)34-19-6-7-21-18(14-19)16-27-25(29-21)30-22-4-2-3-5-23(22)31-10-12-33-13-11-31;24-22-14-18(7-8-25-22)31-17-5-6-19-16(13-17)15-26-23(27-19)28-20-3-1-2-4-21(20)29-9-11-30-12-10-29;1-3(5)7-4(2)6/h2-9,14-16H,10-13H2,1H3,(H,26,28,32)(H,27,29,30);1-8,13-15H,9-12H2,(H2,24,25)(H,26,27,28);1-2H3. The van der Waals surface area contributed by atoms with Crippen molar-refractivity contribution in [1.29, 1.82) is 0 Å². The molecule has 0 unspecified atom stereocenters. The molecule has 6 heterocycles. The van der Waals surface area contributed by atoms with Crippen LogP contribution in [0.3, 0.4) is 0 Å². The van der Waals surface area contributed by atoms with E-state index in [1.54, 1.807) is 49.1 Å². The number of fused-ring (bicyclic) bond motifs is 2. The number of carbonyl (C=O) groups excluding carboxylic acids is 3. The molecule has 4 aromatic heterocycles. The summed E-state index contributed by atoms with van der Waals surface area (Å²) in [7, 11) is 0. The molecule has 72 heavy (non-hydrogen) atoms. The number of nitrogens with two attached hydrogens (primary N) is 1. The van der Waals surface area contributed by atoms with Crippen LogP contribution >= 0.6 is 0 Å². The molecule has 0 radical (unpaired) electrons. The van der Waals surface area contributed by atoms with Crippen LogP contribution in [-0.2, 0) is 28.6 Å². The van der Waals surface area contributed by atoms with Crippen molar-refractivity contribution in [2.24, 2.45) is 0 Å². The smallest absolute Gasteiger partial charge is 0.310 e. The topological polar surface area (TPSA) is 243 Å². The zero-order chi connectivity index (χ0) is 50.2. The third-order valence-electron chi connectivity index (χ3n) is 10.7. The lowest BCUT2D eigenvalue weighted by atomic mass is 10.2. The highest BCUT2D eigenvalue weighted by molar-refractivity contribution is 5.88. The third-order valence-corrected chi connectivity index (χ3v) is 10.7. The SMILES string of the molecule is CC(=O)Nc1cc(Oc2ccc3nc(Nc4ccccc4N4CCOCC4)ncc3c2)ccn1.CC(=O)OC(C)=O.Nc1cc(Oc2ccc3nc(Nc4ccccc4N4CCOCC4)ncc3c2)ccn1. The minimum absolute atomic E-state index is 0.190. The Labute approximate surface area is 414 Å². The van der Waals surface area contributed by atoms with E-state index in [1.165, 1.54) is 20.8 Å². The van der Waals surface area contributed by atoms with Gasteiger partial charge < -0.3 is 55.2 Å². The molecule has 0 aliphatic carbocycles. The van der Waals surface area contributed by atoms with Crippen LogP contribution in [-0.4, -0.2) is 100 Å². The van der Waals surface area contributed by atoms with Crippen LogP contribution in [0.4, 0.5) is 46.3 Å².